The highest BCUT2D eigenvalue weighted by Crippen LogP contribution is 2.32. The normalized spacial score (nSPS) is 19.9. The summed E-state index contributed by atoms with van der Waals surface area (Å²) in [5.74, 6) is 1.02. The van der Waals surface area contributed by atoms with Crippen LogP contribution in [0, 0.1) is 6.92 Å². The van der Waals surface area contributed by atoms with Crippen molar-refractivity contribution in [2.45, 2.75) is 19.0 Å². The summed E-state index contributed by atoms with van der Waals surface area (Å²) in [4.78, 5) is 4.98. The molecule has 0 unspecified atom stereocenters. The number of nitrogens with zero attached hydrogens (tertiary/aromatic N) is 2. The van der Waals surface area contributed by atoms with E-state index in [9.17, 15) is 8.42 Å². The van der Waals surface area contributed by atoms with Crippen LogP contribution in [0.15, 0.2) is 15.6 Å². The van der Waals surface area contributed by atoms with Gasteiger partial charge in [-0.25, -0.2) is 13.4 Å². The van der Waals surface area contributed by atoms with Crippen LogP contribution in [0.3, 0.4) is 0 Å². The van der Waals surface area contributed by atoms with E-state index in [2.05, 4.69) is 15.2 Å². The smallest absolute Gasteiger partial charge is 0.212 e. The molecule has 0 saturated heterocycles. The van der Waals surface area contributed by atoms with E-state index in [-0.39, 0.29) is 11.5 Å². The number of hydrogen-bond acceptors (Lipinski definition) is 5. The third-order valence-electron chi connectivity index (χ3n) is 2.05. The summed E-state index contributed by atoms with van der Waals surface area (Å²) in [6.45, 7) is 3.65. The number of sulfone groups is 1. The van der Waals surface area contributed by atoms with Crippen molar-refractivity contribution in [3.8, 4) is 0 Å². The van der Waals surface area contributed by atoms with Crippen molar-refractivity contribution in [2.75, 3.05) is 11.5 Å². The average molecular weight is 245 g/mol. The molecule has 2 rings (SSSR count). The monoisotopic (exact) mass is 245 g/mol. The minimum atomic E-state index is -2.92. The van der Waals surface area contributed by atoms with Crippen LogP contribution in [0.5, 0.6) is 0 Å². The maximum Gasteiger partial charge on any atom is 0.212 e. The first-order chi connectivity index (χ1) is 6.96. The molecule has 1 aliphatic heterocycles. The molecule has 15 heavy (non-hydrogen) atoms. The molecule has 0 aromatic carbocycles. The lowest BCUT2D eigenvalue weighted by atomic mass is 10.3. The van der Waals surface area contributed by atoms with Gasteiger partial charge in [-0.2, -0.15) is 0 Å². The Morgan fingerprint density at radius 3 is 2.53 bits per heavy atom. The van der Waals surface area contributed by atoms with Gasteiger partial charge in [0.1, 0.15) is 5.82 Å². The Morgan fingerprint density at radius 1 is 1.33 bits per heavy atom. The zero-order chi connectivity index (χ0) is 11.1. The van der Waals surface area contributed by atoms with Gasteiger partial charge in [0.05, 0.1) is 11.5 Å². The molecule has 5 nitrogen and oxygen atoms in total. The molecule has 0 atom stereocenters. The van der Waals surface area contributed by atoms with E-state index in [1.54, 1.807) is 0 Å². The molecule has 0 radical (unpaired) electrons. The molecule has 2 heterocycles. The van der Waals surface area contributed by atoms with Crippen LogP contribution < -0.4 is 0 Å². The molecule has 0 fully saturated rings. The summed E-state index contributed by atoms with van der Waals surface area (Å²) in [6.07, 6.45) is 0. The van der Waals surface area contributed by atoms with Gasteiger partial charge in [0.15, 0.2) is 9.84 Å². The van der Waals surface area contributed by atoms with Crippen molar-refractivity contribution in [1.82, 2.24) is 15.2 Å². The Balaban J connectivity index is 2.17. The van der Waals surface area contributed by atoms with E-state index in [1.807, 2.05) is 13.8 Å². The second-order valence-electron chi connectivity index (χ2n) is 3.54. The van der Waals surface area contributed by atoms with Gasteiger partial charge in [-0.1, -0.05) is 11.8 Å². The predicted octanol–water partition coefficient (Wildman–Crippen LogP) is 0.908. The fraction of sp³-hybridized carbons (Fsp3) is 0.500. The highest BCUT2D eigenvalue weighted by atomic mass is 32.2. The van der Waals surface area contributed by atoms with Crippen LogP contribution in [0.4, 0.5) is 0 Å². The van der Waals surface area contributed by atoms with Crippen LogP contribution in [-0.2, 0) is 9.84 Å². The second-order valence-corrected chi connectivity index (χ2v) is 6.67. The Labute approximate surface area is 92.3 Å². The number of rotatable bonds is 2. The minimum absolute atomic E-state index is 0.122. The molecular formula is C8H11N3O2S2. The highest BCUT2D eigenvalue weighted by molar-refractivity contribution is 8.04. The summed E-state index contributed by atoms with van der Waals surface area (Å²) >= 11 is 1.33. The molecule has 0 amide bonds. The molecule has 1 aliphatic rings. The van der Waals surface area contributed by atoms with Gasteiger partial charge in [0, 0.05) is 4.91 Å². The van der Waals surface area contributed by atoms with Crippen LogP contribution in [0.2, 0.25) is 0 Å². The average Bonchev–Trinajstić information content (AvgIpc) is 2.58. The number of H-pyrrole nitrogens is 1. The van der Waals surface area contributed by atoms with E-state index in [1.165, 1.54) is 11.8 Å². The van der Waals surface area contributed by atoms with Crippen molar-refractivity contribution in [3.63, 3.8) is 0 Å². The molecule has 0 saturated carbocycles. The van der Waals surface area contributed by atoms with Gasteiger partial charge >= 0.3 is 0 Å². The Morgan fingerprint density at radius 2 is 2.07 bits per heavy atom. The van der Waals surface area contributed by atoms with E-state index in [0.717, 1.165) is 16.3 Å². The van der Waals surface area contributed by atoms with Crippen molar-refractivity contribution in [1.29, 1.82) is 0 Å². The quantitative estimate of drug-likeness (QED) is 0.838. The zero-order valence-electron chi connectivity index (χ0n) is 8.44. The van der Waals surface area contributed by atoms with Crippen LogP contribution in [0.1, 0.15) is 12.7 Å². The van der Waals surface area contributed by atoms with E-state index < -0.39 is 9.84 Å². The fourth-order valence-corrected chi connectivity index (χ4v) is 4.57. The molecule has 1 N–H and O–H groups in total. The number of aromatic nitrogens is 3. The van der Waals surface area contributed by atoms with Crippen LogP contribution in [0.25, 0.3) is 0 Å². The summed E-state index contributed by atoms with van der Waals surface area (Å²) in [5.41, 5.74) is 0.905. The number of hydrogen-bond donors (Lipinski definition) is 1. The fourth-order valence-electron chi connectivity index (χ4n) is 1.38. The van der Waals surface area contributed by atoms with Gasteiger partial charge in [-0.3, -0.25) is 5.10 Å². The molecule has 0 aliphatic carbocycles. The standard InChI is InChI=1S/C8H11N3O2S2/c1-5-3-15(12,13)4-7(5)14-8-9-6(2)10-11-8/h3-4H2,1-2H3,(H,9,10,11). The first-order valence-corrected chi connectivity index (χ1v) is 7.06. The van der Waals surface area contributed by atoms with Crippen LogP contribution in [-0.4, -0.2) is 35.1 Å². The molecule has 7 heteroatoms. The lowest BCUT2D eigenvalue weighted by Crippen LogP contribution is -2.02. The van der Waals surface area contributed by atoms with E-state index >= 15 is 0 Å². The Bertz CT molecular complexity index is 516. The topological polar surface area (TPSA) is 75.7 Å². The summed E-state index contributed by atoms with van der Waals surface area (Å²) in [5, 5.41) is 7.27. The third kappa shape index (κ3) is 2.40. The lowest BCUT2D eigenvalue weighted by molar-refractivity contribution is 0.603. The van der Waals surface area contributed by atoms with Gasteiger partial charge in [0.25, 0.3) is 0 Å². The van der Waals surface area contributed by atoms with Gasteiger partial charge in [0.2, 0.25) is 5.16 Å². The van der Waals surface area contributed by atoms with Crippen LogP contribution >= 0.6 is 11.8 Å². The lowest BCUT2D eigenvalue weighted by Gasteiger charge is -1.96. The molecule has 0 spiro atoms. The van der Waals surface area contributed by atoms with Crippen molar-refractivity contribution in [3.05, 3.63) is 16.3 Å². The molecule has 82 valence electrons. The zero-order valence-corrected chi connectivity index (χ0v) is 10.1. The maximum atomic E-state index is 11.3. The molecule has 1 aromatic heterocycles. The summed E-state index contributed by atoms with van der Waals surface area (Å²) in [6, 6.07) is 0. The highest BCUT2D eigenvalue weighted by Gasteiger charge is 2.26. The summed E-state index contributed by atoms with van der Waals surface area (Å²) in [7, 11) is -2.92. The Hall–Kier alpha value is -0.820. The Kier molecular flexibility index (Phi) is 2.59. The second kappa shape index (κ2) is 3.64. The maximum absolute atomic E-state index is 11.3. The number of aromatic amines is 1. The van der Waals surface area contributed by atoms with Crippen molar-refractivity contribution < 1.29 is 8.42 Å². The third-order valence-corrected chi connectivity index (χ3v) is 4.94. The first kappa shape index (κ1) is 10.7. The number of nitrogens with one attached hydrogen (secondary N) is 1. The number of thioether (sulfide) groups is 1. The van der Waals surface area contributed by atoms with Gasteiger partial charge in [-0.05, 0) is 19.4 Å². The van der Waals surface area contributed by atoms with Gasteiger partial charge in [-0.15, -0.1) is 5.10 Å². The minimum Gasteiger partial charge on any atom is -0.262 e. The molecule has 1 aromatic rings. The SMILES string of the molecule is CC1=C(Sc2n[nH]c(C)n2)CS(=O)(=O)C1. The van der Waals surface area contributed by atoms with E-state index in [4.69, 9.17) is 0 Å². The predicted molar refractivity (Wildman–Crippen MR) is 58.3 cm³/mol. The summed E-state index contributed by atoms with van der Waals surface area (Å²) < 4.78 is 22.7. The molecule has 0 bridgehead atoms. The van der Waals surface area contributed by atoms with E-state index in [0.29, 0.717) is 5.16 Å². The van der Waals surface area contributed by atoms with Crippen molar-refractivity contribution >= 4 is 21.6 Å². The van der Waals surface area contributed by atoms with Gasteiger partial charge < -0.3 is 0 Å². The molecular weight excluding hydrogens is 234 g/mol. The van der Waals surface area contributed by atoms with Crippen molar-refractivity contribution in [2.24, 2.45) is 0 Å². The first-order valence-electron chi connectivity index (χ1n) is 4.42. The largest absolute Gasteiger partial charge is 0.262 e. The number of aryl methyl sites for hydroxylation is 1.